The molecule has 2 aliphatic carbocycles. The Balaban J connectivity index is 1.63. The van der Waals surface area contributed by atoms with Crippen LogP contribution in [0.3, 0.4) is 0 Å². The lowest BCUT2D eigenvalue weighted by Gasteiger charge is -2.26. The summed E-state index contributed by atoms with van der Waals surface area (Å²) in [5, 5.41) is 12.6. The zero-order valence-electron chi connectivity index (χ0n) is 11.9. The molecule has 110 valence electrons. The van der Waals surface area contributed by atoms with Gasteiger partial charge in [-0.1, -0.05) is 12.8 Å². The van der Waals surface area contributed by atoms with Crippen molar-refractivity contribution in [1.29, 1.82) is 0 Å². The molecule has 2 N–H and O–H groups in total. The summed E-state index contributed by atoms with van der Waals surface area (Å²) in [6.45, 7) is 0.805. The Hall–Kier alpha value is -0.870. The standard InChI is InChI=1S/C16H23NO2S/c18-11-16(7-3-4-8-16)10-17-15(19)14-9-12-5-1-2-6-13(12)20-14/h9,18H,1-8,10-11H2,(H,17,19). The third-order valence-corrected chi connectivity index (χ3v) is 6.08. The Labute approximate surface area is 124 Å². The van der Waals surface area contributed by atoms with Crippen LogP contribution in [-0.4, -0.2) is 24.2 Å². The second kappa shape index (κ2) is 5.86. The predicted molar refractivity (Wildman–Crippen MR) is 81.3 cm³/mol. The van der Waals surface area contributed by atoms with E-state index in [0.29, 0.717) is 6.54 Å². The van der Waals surface area contributed by atoms with E-state index in [1.54, 1.807) is 11.3 Å². The van der Waals surface area contributed by atoms with Crippen molar-refractivity contribution in [2.24, 2.45) is 5.41 Å². The number of aryl methyl sites for hydroxylation is 2. The van der Waals surface area contributed by atoms with Crippen molar-refractivity contribution in [3.8, 4) is 0 Å². The van der Waals surface area contributed by atoms with Gasteiger partial charge in [0.05, 0.1) is 11.5 Å². The van der Waals surface area contributed by atoms with Crippen LogP contribution in [0.4, 0.5) is 0 Å². The molecule has 3 rings (SSSR count). The lowest BCUT2D eigenvalue weighted by Crippen LogP contribution is -2.38. The molecule has 0 bridgehead atoms. The van der Waals surface area contributed by atoms with Crippen LogP contribution in [-0.2, 0) is 12.8 Å². The fraction of sp³-hybridized carbons (Fsp3) is 0.688. The van der Waals surface area contributed by atoms with Gasteiger partial charge in [-0.2, -0.15) is 0 Å². The van der Waals surface area contributed by atoms with Crippen molar-refractivity contribution in [2.45, 2.75) is 51.4 Å². The Bertz CT molecular complexity index is 465. The molecular formula is C16H23NO2S. The van der Waals surface area contributed by atoms with Crippen molar-refractivity contribution < 1.29 is 9.90 Å². The Morgan fingerprint density at radius 1 is 1.25 bits per heavy atom. The van der Waals surface area contributed by atoms with Crippen molar-refractivity contribution in [2.75, 3.05) is 13.2 Å². The number of rotatable bonds is 4. The highest BCUT2D eigenvalue weighted by Crippen LogP contribution is 2.37. The maximum atomic E-state index is 12.3. The summed E-state index contributed by atoms with van der Waals surface area (Å²) in [5.41, 5.74) is 1.32. The molecular weight excluding hydrogens is 270 g/mol. The summed E-state index contributed by atoms with van der Waals surface area (Å²) in [6.07, 6.45) is 9.16. The van der Waals surface area contributed by atoms with E-state index >= 15 is 0 Å². The van der Waals surface area contributed by atoms with Crippen molar-refractivity contribution in [3.05, 3.63) is 21.4 Å². The van der Waals surface area contributed by atoms with Crippen LogP contribution < -0.4 is 5.32 Å². The van der Waals surface area contributed by atoms with Gasteiger partial charge in [0.1, 0.15) is 0 Å². The van der Waals surface area contributed by atoms with Crippen molar-refractivity contribution >= 4 is 17.2 Å². The Morgan fingerprint density at radius 3 is 2.70 bits per heavy atom. The van der Waals surface area contributed by atoms with E-state index in [1.807, 2.05) is 0 Å². The smallest absolute Gasteiger partial charge is 0.261 e. The molecule has 0 aromatic carbocycles. The predicted octanol–water partition coefficient (Wildman–Crippen LogP) is 2.91. The Kier molecular flexibility index (Phi) is 4.13. The molecule has 0 atom stereocenters. The van der Waals surface area contributed by atoms with Crippen LogP contribution >= 0.6 is 11.3 Å². The molecule has 0 spiro atoms. The van der Waals surface area contributed by atoms with Gasteiger partial charge < -0.3 is 10.4 Å². The van der Waals surface area contributed by atoms with E-state index in [4.69, 9.17) is 0 Å². The second-order valence-electron chi connectivity index (χ2n) is 6.31. The molecule has 1 amide bonds. The lowest BCUT2D eigenvalue weighted by molar-refractivity contribution is 0.0884. The number of nitrogens with one attached hydrogen (secondary N) is 1. The van der Waals surface area contributed by atoms with Crippen LogP contribution in [0, 0.1) is 5.41 Å². The molecule has 0 radical (unpaired) electrons. The summed E-state index contributed by atoms with van der Waals surface area (Å²) < 4.78 is 0. The molecule has 20 heavy (non-hydrogen) atoms. The second-order valence-corrected chi connectivity index (χ2v) is 7.45. The number of aliphatic hydroxyl groups is 1. The highest BCUT2D eigenvalue weighted by molar-refractivity contribution is 7.14. The first-order valence-corrected chi connectivity index (χ1v) is 8.55. The van der Waals surface area contributed by atoms with E-state index in [2.05, 4.69) is 11.4 Å². The summed E-state index contributed by atoms with van der Waals surface area (Å²) in [7, 11) is 0. The van der Waals surface area contributed by atoms with Gasteiger partial charge in [0.25, 0.3) is 5.91 Å². The molecule has 1 aromatic heterocycles. The maximum Gasteiger partial charge on any atom is 0.261 e. The molecule has 4 heteroatoms. The summed E-state index contributed by atoms with van der Waals surface area (Å²) >= 11 is 1.66. The molecule has 0 unspecified atom stereocenters. The average Bonchev–Trinajstić information content (AvgIpc) is 3.12. The summed E-state index contributed by atoms with van der Waals surface area (Å²) in [5.74, 6) is 0.0455. The van der Waals surface area contributed by atoms with E-state index in [1.165, 1.54) is 36.1 Å². The molecule has 1 aromatic rings. The minimum atomic E-state index is -0.0630. The molecule has 1 heterocycles. The highest BCUT2D eigenvalue weighted by atomic mass is 32.1. The number of aliphatic hydroxyl groups excluding tert-OH is 1. The fourth-order valence-corrected chi connectivity index (χ4v) is 4.64. The van der Waals surface area contributed by atoms with Gasteiger partial charge in [0.2, 0.25) is 0 Å². The molecule has 0 saturated heterocycles. The molecule has 0 aliphatic heterocycles. The van der Waals surface area contributed by atoms with E-state index in [-0.39, 0.29) is 17.9 Å². The largest absolute Gasteiger partial charge is 0.396 e. The lowest BCUT2D eigenvalue weighted by atomic mass is 9.87. The van der Waals surface area contributed by atoms with Crippen LogP contribution in [0.1, 0.15) is 58.6 Å². The average molecular weight is 293 g/mol. The zero-order chi connectivity index (χ0) is 14.0. The van der Waals surface area contributed by atoms with E-state index in [9.17, 15) is 9.90 Å². The number of fused-ring (bicyclic) bond motifs is 1. The minimum absolute atomic E-state index is 0.0455. The quantitative estimate of drug-likeness (QED) is 0.897. The molecule has 3 nitrogen and oxygen atoms in total. The number of amides is 1. The first-order valence-electron chi connectivity index (χ1n) is 7.73. The van der Waals surface area contributed by atoms with Gasteiger partial charge in [-0.3, -0.25) is 4.79 Å². The van der Waals surface area contributed by atoms with Gasteiger partial charge in [-0.25, -0.2) is 0 Å². The van der Waals surface area contributed by atoms with Crippen LogP contribution in [0.2, 0.25) is 0 Å². The third kappa shape index (κ3) is 2.77. The third-order valence-electron chi connectivity index (χ3n) is 4.84. The topological polar surface area (TPSA) is 49.3 Å². The fourth-order valence-electron chi connectivity index (χ4n) is 3.47. The number of carbonyl (C=O) groups is 1. The normalized spacial score (nSPS) is 20.6. The van der Waals surface area contributed by atoms with Crippen LogP contribution in [0.5, 0.6) is 0 Å². The first-order chi connectivity index (χ1) is 9.72. The van der Waals surface area contributed by atoms with Crippen LogP contribution in [0.15, 0.2) is 6.07 Å². The van der Waals surface area contributed by atoms with Gasteiger partial charge in [0.15, 0.2) is 0 Å². The van der Waals surface area contributed by atoms with E-state index in [0.717, 1.165) is 30.6 Å². The number of carbonyl (C=O) groups excluding carboxylic acids is 1. The van der Waals surface area contributed by atoms with Crippen LogP contribution in [0.25, 0.3) is 0 Å². The monoisotopic (exact) mass is 293 g/mol. The molecule has 2 aliphatic rings. The Morgan fingerprint density at radius 2 is 2.00 bits per heavy atom. The summed E-state index contributed by atoms with van der Waals surface area (Å²) in [6, 6.07) is 2.08. The van der Waals surface area contributed by atoms with Crippen molar-refractivity contribution in [1.82, 2.24) is 5.32 Å². The van der Waals surface area contributed by atoms with E-state index < -0.39 is 0 Å². The first kappa shape index (κ1) is 14.1. The van der Waals surface area contributed by atoms with Gasteiger partial charge in [-0.15, -0.1) is 11.3 Å². The van der Waals surface area contributed by atoms with Gasteiger partial charge in [0, 0.05) is 16.8 Å². The van der Waals surface area contributed by atoms with Crippen molar-refractivity contribution in [3.63, 3.8) is 0 Å². The SMILES string of the molecule is O=C(NCC1(CO)CCCC1)c1cc2c(s1)CCCC2. The number of hydrogen-bond donors (Lipinski definition) is 2. The number of thiophene rings is 1. The highest BCUT2D eigenvalue weighted by Gasteiger charge is 2.33. The van der Waals surface area contributed by atoms with Gasteiger partial charge in [-0.05, 0) is 50.2 Å². The van der Waals surface area contributed by atoms with Gasteiger partial charge >= 0.3 is 0 Å². The molecule has 1 saturated carbocycles. The molecule has 1 fully saturated rings. The zero-order valence-corrected chi connectivity index (χ0v) is 12.7. The summed E-state index contributed by atoms with van der Waals surface area (Å²) in [4.78, 5) is 14.5. The minimum Gasteiger partial charge on any atom is -0.396 e. The maximum absolute atomic E-state index is 12.3. The number of hydrogen-bond acceptors (Lipinski definition) is 3.